The summed E-state index contributed by atoms with van der Waals surface area (Å²) in [5.74, 6) is -0.160. The van der Waals surface area contributed by atoms with Gasteiger partial charge in [0.15, 0.2) is 5.82 Å². The second-order valence-electron chi connectivity index (χ2n) is 7.95. The van der Waals surface area contributed by atoms with E-state index in [1.807, 2.05) is 13.0 Å². The fourth-order valence-electron chi connectivity index (χ4n) is 4.66. The van der Waals surface area contributed by atoms with Gasteiger partial charge in [-0.1, -0.05) is 13.8 Å². The molecule has 1 saturated heterocycles. The van der Waals surface area contributed by atoms with E-state index in [4.69, 9.17) is 0 Å². The molecule has 6 heteroatoms. The molecule has 4 heterocycles. The molecule has 1 aliphatic rings. The number of likely N-dealkylation sites (tertiary alicyclic amines) is 1. The highest BCUT2D eigenvalue weighted by molar-refractivity contribution is 5.92. The predicted molar refractivity (Wildman–Crippen MR) is 104 cm³/mol. The van der Waals surface area contributed by atoms with E-state index in [0.29, 0.717) is 22.3 Å². The van der Waals surface area contributed by atoms with Crippen molar-refractivity contribution in [1.29, 1.82) is 0 Å². The topological polar surface area (TPSA) is 65.0 Å². The third-order valence-corrected chi connectivity index (χ3v) is 6.02. The van der Waals surface area contributed by atoms with Gasteiger partial charge in [-0.3, -0.25) is 4.98 Å². The van der Waals surface area contributed by atoms with E-state index in [-0.39, 0.29) is 17.7 Å². The third kappa shape index (κ3) is 2.75. The number of halogens is 1. The van der Waals surface area contributed by atoms with Crippen LogP contribution < -0.4 is 0 Å². The lowest BCUT2D eigenvalue weighted by molar-refractivity contribution is -0.108. The lowest BCUT2D eigenvalue weighted by Gasteiger charge is -2.47. The Morgan fingerprint density at radius 2 is 1.96 bits per heavy atom. The van der Waals surface area contributed by atoms with Gasteiger partial charge in [0, 0.05) is 54.6 Å². The molecule has 2 atom stereocenters. The molecule has 0 bridgehead atoms. The second-order valence-corrected chi connectivity index (χ2v) is 7.95. The van der Waals surface area contributed by atoms with Gasteiger partial charge in [-0.25, -0.2) is 9.37 Å². The summed E-state index contributed by atoms with van der Waals surface area (Å²) in [6.07, 6.45) is 4.72. The molecule has 0 saturated carbocycles. The molecule has 0 aromatic carbocycles. The number of pyridine rings is 2. The summed E-state index contributed by atoms with van der Waals surface area (Å²) in [6, 6.07) is 3.71. The Morgan fingerprint density at radius 1 is 1.26 bits per heavy atom. The number of aromatic nitrogens is 3. The standard InChI is InChI=1S/C21H25FN4O/c1-12-7-18(15-5-6-23-20-19(15)17(22)9-25-20)24-8-16(12)21(27)13(2)10-26(4)11-14(21)3/h5-9,13-14,27H,10-11H2,1-4H3,(H,23,25). The Balaban J connectivity index is 1.80. The maximum Gasteiger partial charge on any atom is 0.150 e. The first-order valence-electron chi connectivity index (χ1n) is 9.32. The second kappa shape index (κ2) is 6.39. The maximum absolute atomic E-state index is 14.2. The van der Waals surface area contributed by atoms with Crippen molar-refractivity contribution in [2.75, 3.05) is 20.1 Å². The highest BCUT2D eigenvalue weighted by Crippen LogP contribution is 2.42. The number of aliphatic hydroxyl groups is 1. The largest absolute Gasteiger partial charge is 0.384 e. The van der Waals surface area contributed by atoms with Crippen LogP contribution in [0.3, 0.4) is 0 Å². The number of piperidine rings is 1. The molecule has 3 aromatic rings. The number of aromatic amines is 1. The van der Waals surface area contributed by atoms with Crippen LogP contribution in [0.15, 0.2) is 30.7 Å². The number of hydrogen-bond acceptors (Lipinski definition) is 4. The van der Waals surface area contributed by atoms with Crippen LogP contribution in [-0.2, 0) is 5.60 Å². The Morgan fingerprint density at radius 3 is 2.63 bits per heavy atom. The molecular formula is C21H25FN4O. The normalized spacial score (nSPS) is 26.6. The van der Waals surface area contributed by atoms with Gasteiger partial charge in [0.2, 0.25) is 0 Å². The van der Waals surface area contributed by atoms with E-state index in [1.165, 1.54) is 6.20 Å². The number of hydrogen-bond donors (Lipinski definition) is 2. The van der Waals surface area contributed by atoms with Crippen molar-refractivity contribution in [2.24, 2.45) is 11.8 Å². The first kappa shape index (κ1) is 18.1. The molecule has 3 aromatic heterocycles. The monoisotopic (exact) mass is 368 g/mol. The van der Waals surface area contributed by atoms with Gasteiger partial charge in [0.25, 0.3) is 0 Å². The first-order valence-corrected chi connectivity index (χ1v) is 9.32. The van der Waals surface area contributed by atoms with E-state index >= 15 is 0 Å². The van der Waals surface area contributed by atoms with E-state index in [1.54, 1.807) is 18.5 Å². The predicted octanol–water partition coefficient (Wildman–Crippen LogP) is 3.48. The molecule has 27 heavy (non-hydrogen) atoms. The smallest absolute Gasteiger partial charge is 0.150 e. The Hall–Kier alpha value is -2.31. The number of aryl methyl sites for hydroxylation is 1. The average molecular weight is 368 g/mol. The minimum Gasteiger partial charge on any atom is -0.384 e. The molecule has 1 aliphatic heterocycles. The average Bonchev–Trinajstić information content (AvgIpc) is 3.01. The Bertz CT molecular complexity index is 987. The summed E-state index contributed by atoms with van der Waals surface area (Å²) < 4.78 is 14.2. The Labute approximate surface area is 158 Å². The minimum absolute atomic E-state index is 0.0901. The molecular weight excluding hydrogens is 343 g/mol. The summed E-state index contributed by atoms with van der Waals surface area (Å²) in [6.45, 7) is 7.83. The zero-order chi connectivity index (χ0) is 19.3. The number of nitrogens with one attached hydrogen (secondary N) is 1. The van der Waals surface area contributed by atoms with Crippen molar-refractivity contribution in [3.05, 3.63) is 47.7 Å². The van der Waals surface area contributed by atoms with Crippen LogP contribution in [0.4, 0.5) is 4.39 Å². The fraction of sp³-hybridized carbons (Fsp3) is 0.429. The van der Waals surface area contributed by atoms with E-state index in [9.17, 15) is 9.50 Å². The lowest BCUT2D eigenvalue weighted by atomic mass is 9.70. The van der Waals surface area contributed by atoms with Gasteiger partial charge in [0.05, 0.1) is 16.7 Å². The first-order chi connectivity index (χ1) is 12.8. The zero-order valence-corrected chi connectivity index (χ0v) is 16.1. The van der Waals surface area contributed by atoms with E-state index < -0.39 is 5.60 Å². The van der Waals surface area contributed by atoms with Gasteiger partial charge in [-0.15, -0.1) is 0 Å². The quantitative estimate of drug-likeness (QED) is 0.727. The molecule has 2 unspecified atom stereocenters. The lowest BCUT2D eigenvalue weighted by Crippen LogP contribution is -2.53. The van der Waals surface area contributed by atoms with Crippen LogP contribution in [0.25, 0.3) is 22.3 Å². The summed E-state index contributed by atoms with van der Waals surface area (Å²) in [5.41, 5.74) is 2.79. The van der Waals surface area contributed by atoms with Crippen LogP contribution in [0.1, 0.15) is 25.0 Å². The third-order valence-electron chi connectivity index (χ3n) is 6.02. The number of rotatable bonds is 2. The zero-order valence-electron chi connectivity index (χ0n) is 16.1. The molecule has 5 nitrogen and oxygen atoms in total. The molecule has 0 spiro atoms. The fourth-order valence-corrected chi connectivity index (χ4v) is 4.66. The van der Waals surface area contributed by atoms with Crippen LogP contribution in [-0.4, -0.2) is 45.1 Å². The van der Waals surface area contributed by atoms with Crippen LogP contribution >= 0.6 is 0 Å². The van der Waals surface area contributed by atoms with Gasteiger partial charge in [-0.05, 0) is 31.7 Å². The van der Waals surface area contributed by atoms with Gasteiger partial charge in [-0.2, -0.15) is 0 Å². The summed E-state index contributed by atoms with van der Waals surface area (Å²) in [4.78, 5) is 13.9. The number of nitrogens with zero attached hydrogens (tertiary/aromatic N) is 3. The molecule has 142 valence electrons. The van der Waals surface area contributed by atoms with Gasteiger partial charge < -0.3 is 15.0 Å². The molecule has 1 fully saturated rings. The highest BCUT2D eigenvalue weighted by Gasteiger charge is 2.45. The van der Waals surface area contributed by atoms with E-state index in [0.717, 1.165) is 24.2 Å². The maximum atomic E-state index is 14.2. The summed E-state index contributed by atoms with van der Waals surface area (Å²) in [7, 11) is 2.08. The molecule has 0 radical (unpaired) electrons. The Kier molecular flexibility index (Phi) is 4.28. The number of H-pyrrole nitrogens is 1. The SMILES string of the molecule is Cc1cc(-c2ccnc3[nH]cc(F)c23)ncc1C1(O)C(C)CN(C)CC1C. The molecule has 0 aliphatic carbocycles. The highest BCUT2D eigenvalue weighted by atomic mass is 19.1. The van der Waals surface area contributed by atoms with Crippen LogP contribution in [0, 0.1) is 24.6 Å². The van der Waals surface area contributed by atoms with Crippen LogP contribution in [0.2, 0.25) is 0 Å². The van der Waals surface area contributed by atoms with Gasteiger partial charge >= 0.3 is 0 Å². The minimum atomic E-state index is -0.922. The van der Waals surface area contributed by atoms with Crippen molar-refractivity contribution in [3.8, 4) is 11.3 Å². The molecule has 2 N–H and O–H groups in total. The van der Waals surface area contributed by atoms with Crippen molar-refractivity contribution in [1.82, 2.24) is 19.9 Å². The van der Waals surface area contributed by atoms with Crippen LogP contribution in [0.5, 0.6) is 0 Å². The summed E-state index contributed by atoms with van der Waals surface area (Å²) in [5, 5.41) is 12.0. The van der Waals surface area contributed by atoms with Crippen molar-refractivity contribution < 1.29 is 9.50 Å². The van der Waals surface area contributed by atoms with Gasteiger partial charge in [0.1, 0.15) is 5.65 Å². The molecule has 0 amide bonds. The molecule has 4 rings (SSSR count). The van der Waals surface area contributed by atoms with Crippen molar-refractivity contribution in [3.63, 3.8) is 0 Å². The van der Waals surface area contributed by atoms with Crippen molar-refractivity contribution in [2.45, 2.75) is 26.4 Å². The van der Waals surface area contributed by atoms with E-state index in [2.05, 4.69) is 40.7 Å². The number of fused-ring (bicyclic) bond motifs is 1. The van der Waals surface area contributed by atoms with Crippen molar-refractivity contribution >= 4 is 11.0 Å². The summed E-state index contributed by atoms with van der Waals surface area (Å²) >= 11 is 0.